The number of phenols is 2. The molecule has 4 heteroatoms. The highest BCUT2D eigenvalue weighted by Gasteiger charge is 2.29. The van der Waals surface area contributed by atoms with E-state index in [1.165, 1.54) is 0 Å². The second kappa shape index (κ2) is 4.96. The Hall–Kier alpha value is -1.97. The number of rotatable bonds is 2. The minimum Gasteiger partial charge on any atom is -0.508 e. The summed E-state index contributed by atoms with van der Waals surface area (Å²) in [5, 5.41) is 20.2. The number of benzene rings is 1. The van der Waals surface area contributed by atoms with Gasteiger partial charge in [0.1, 0.15) is 23.2 Å². The summed E-state index contributed by atoms with van der Waals surface area (Å²) in [5.74, 6) is -0.662. The topological polar surface area (TPSA) is 66.8 Å². The molecule has 102 valence electrons. The van der Waals surface area contributed by atoms with Crippen molar-refractivity contribution >= 4 is 5.97 Å². The molecule has 1 atom stereocenters. The molecule has 0 spiro atoms. The predicted octanol–water partition coefficient (Wildman–Crippen LogP) is 2.71. The molecule has 0 aromatic heterocycles. The maximum absolute atomic E-state index is 11.8. The molecule has 4 nitrogen and oxygen atoms in total. The summed E-state index contributed by atoms with van der Waals surface area (Å²) >= 11 is 0. The van der Waals surface area contributed by atoms with Crippen LogP contribution in [-0.4, -0.2) is 22.3 Å². The lowest BCUT2D eigenvalue weighted by molar-refractivity contribution is 0.0296. The summed E-state index contributed by atoms with van der Waals surface area (Å²) in [6.45, 7) is 5.65. The Morgan fingerprint density at radius 2 is 2.16 bits per heavy atom. The third-order valence-electron chi connectivity index (χ3n) is 3.20. The third kappa shape index (κ3) is 2.57. The quantitative estimate of drug-likeness (QED) is 0.635. The van der Waals surface area contributed by atoms with Crippen LogP contribution in [0.4, 0.5) is 0 Å². The van der Waals surface area contributed by atoms with Crippen molar-refractivity contribution in [1.82, 2.24) is 0 Å². The van der Waals surface area contributed by atoms with Crippen LogP contribution in [0.5, 0.6) is 11.5 Å². The van der Waals surface area contributed by atoms with E-state index in [1.807, 2.05) is 19.9 Å². The lowest BCUT2D eigenvalue weighted by Crippen LogP contribution is -2.25. The van der Waals surface area contributed by atoms with Crippen LogP contribution in [-0.2, 0) is 17.6 Å². The Morgan fingerprint density at radius 1 is 1.47 bits per heavy atom. The summed E-state index contributed by atoms with van der Waals surface area (Å²) < 4.78 is 5.12. The lowest BCUT2D eigenvalue weighted by atomic mass is 9.93. The van der Waals surface area contributed by atoms with Crippen LogP contribution >= 0.6 is 0 Å². The molecule has 19 heavy (non-hydrogen) atoms. The molecule has 1 aromatic rings. The molecule has 0 bridgehead atoms. The molecule has 2 N–H and O–H groups in total. The van der Waals surface area contributed by atoms with Gasteiger partial charge in [-0.3, -0.25) is 0 Å². The average molecular weight is 262 g/mol. The molecule has 1 aliphatic heterocycles. The van der Waals surface area contributed by atoms with E-state index in [1.54, 1.807) is 13.0 Å². The largest absolute Gasteiger partial charge is 0.508 e. The van der Waals surface area contributed by atoms with Crippen LogP contribution < -0.4 is 0 Å². The van der Waals surface area contributed by atoms with E-state index in [2.05, 4.69) is 0 Å². The smallest absolute Gasteiger partial charge is 0.342 e. The number of esters is 1. The van der Waals surface area contributed by atoms with Gasteiger partial charge in [0, 0.05) is 12.0 Å². The van der Waals surface area contributed by atoms with Gasteiger partial charge in [-0.2, -0.15) is 0 Å². The zero-order valence-electron chi connectivity index (χ0n) is 11.4. The number of allylic oxidation sites excluding steroid dienone is 2. The zero-order chi connectivity index (χ0) is 14.2. The first kappa shape index (κ1) is 13.5. The van der Waals surface area contributed by atoms with Gasteiger partial charge in [0.15, 0.2) is 0 Å². The van der Waals surface area contributed by atoms with E-state index in [-0.39, 0.29) is 23.2 Å². The van der Waals surface area contributed by atoms with Gasteiger partial charge >= 0.3 is 5.97 Å². The van der Waals surface area contributed by atoms with Crippen molar-refractivity contribution < 1.29 is 19.7 Å². The molecule has 0 fully saturated rings. The Balaban J connectivity index is 2.51. The molecule has 2 rings (SSSR count). The first-order chi connectivity index (χ1) is 8.90. The van der Waals surface area contributed by atoms with Crippen molar-refractivity contribution in [1.29, 1.82) is 0 Å². The van der Waals surface area contributed by atoms with Crippen molar-refractivity contribution in [2.75, 3.05) is 0 Å². The van der Waals surface area contributed by atoms with E-state index < -0.39 is 5.97 Å². The van der Waals surface area contributed by atoms with Gasteiger partial charge in [-0.1, -0.05) is 11.6 Å². The van der Waals surface area contributed by atoms with E-state index >= 15 is 0 Å². The normalized spacial score (nSPS) is 17.6. The van der Waals surface area contributed by atoms with Crippen molar-refractivity contribution in [3.8, 4) is 11.5 Å². The van der Waals surface area contributed by atoms with Gasteiger partial charge < -0.3 is 14.9 Å². The van der Waals surface area contributed by atoms with Crippen LogP contribution in [0.3, 0.4) is 0 Å². The third-order valence-corrected chi connectivity index (χ3v) is 3.20. The molecule has 0 unspecified atom stereocenters. The predicted molar refractivity (Wildman–Crippen MR) is 71.5 cm³/mol. The Kier molecular flexibility index (Phi) is 3.51. The zero-order valence-corrected chi connectivity index (χ0v) is 11.4. The Bertz CT molecular complexity index is 554. The van der Waals surface area contributed by atoms with Crippen molar-refractivity contribution in [2.45, 2.75) is 39.7 Å². The second-order valence-corrected chi connectivity index (χ2v) is 5.16. The summed E-state index contributed by atoms with van der Waals surface area (Å²) in [4.78, 5) is 11.8. The molecule has 0 saturated carbocycles. The van der Waals surface area contributed by atoms with Gasteiger partial charge in [0.05, 0.1) is 0 Å². The molecule has 0 amide bonds. The first-order valence-corrected chi connectivity index (χ1v) is 6.31. The summed E-state index contributed by atoms with van der Waals surface area (Å²) in [6.07, 6.45) is 2.54. The fourth-order valence-corrected chi connectivity index (χ4v) is 2.24. The fourth-order valence-electron chi connectivity index (χ4n) is 2.24. The molecule has 0 radical (unpaired) electrons. The highest BCUT2D eigenvalue weighted by atomic mass is 16.5. The van der Waals surface area contributed by atoms with Crippen LogP contribution in [0.25, 0.3) is 0 Å². The summed E-state index contributed by atoms with van der Waals surface area (Å²) in [6, 6.07) is 1.56. The molecule has 1 aliphatic rings. The highest BCUT2D eigenvalue weighted by molar-refractivity contribution is 5.96. The number of ether oxygens (including phenoxy) is 1. The monoisotopic (exact) mass is 262 g/mol. The lowest BCUT2D eigenvalue weighted by Gasteiger charge is -2.23. The van der Waals surface area contributed by atoms with Gasteiger partial charge in [0.2, 0.25) is 0 Å². The average Bonchev–Trinajstić information content (AvgIpc) is 2.26. The van der Waals surface area contributed by atoms with Crippen LogP contribution in [0, 0.1) is 0 Å². The Labute approximate surface area is 112 Å². The summed E-state index contributed by atoms with van der Waals surface area (Å²) in [5.41, 5.74) is 2.27. The molecule has 1 aromatic carbocycles. The molecule has 0 saturated heterocycles. The van der Waals surface area contributed by atoms with Gasteiger partial charge in [-0.05, 0) is 38.8 Å². The van der Waals surface area contributed by atoms with Gasteiger partial charge in [-0.15, -0.1) is 0 Å². The second-order valence-electron chi connectivity index (χ2n) is 5.16. The molecule has 1 heterocycles. The first-order valence-electron chi connectivity index (χ1n) is 6.31. The van der Waals surface area contributed by atoms with Crippen LogP contribution in [0.15, 0.2) is 17.7 Å². The van der Waals surface area contributed by atoms with E-state index in [9.17, 15) is 15.0 Å². The van der Waals surface area contributed by atoms with Crippen molar-refractivity contribution in [2.24, 2.45) is 0 Å². The van der Waals surface area contributed by atoms with E-state index in [0.29, 0.717) is 24.0 Å². The van der Waals surface area contributed by atoms with Crippen molar-refractivity contribution in [3.05, 3.63) is 34.4 Å². The highest BCUT2D eigenvalue weighted by Crippen LogP contribution is 2.37. The number of hydrogen-bond donors (Lipinski definition) is 2. The maximum Gasteiger partial charge on any atom is 0.342 e. The number of carbonyl (C=O) groups excluding carboxylic acids is 1. The molecular weight excluding hydrogens is 244 g/mol. The number of carbonyl (C=O) groups is 1. The number of hydrogen-bond acceptors (Lipinski definition) is 4. The molecule has 0 aliphatic carbocycles. The van der Waals surface area contributed by atoms with E-state index in [0.717, 1.165) is 5.57 Å². The number of phenolic OH excluding ortho intramolecular Hbond substituents is 2. The Morgan fingerprint density at radius 3 is 2.79 bits per heavy atom. The minimum absolute atomic E-state index is 0.0238. The van der Waals surface area contributed by atoms with E-state index in [4.69, 9.17) is 4.74 Å². The minimum atomic E-state index is -0.523. The summed E-state index contributed by atoms with van der Waals surface area (Å²) in [7, 11) is 0. The van der Waals surface area contributed by atoms with Gasteiger partial charge in [-0.25, -0.2) is 4.79 Å². The number of fused-ring (bicyclic) bond motifs is 1. The van der Waals surface area contributed by atoms with Crippen LogP contribution in [0.1, 0.15) is 42.3 Å². The standard InChI is InChI=1S/C15H18O4/c1-8(2)4-5-11-12(16)7-10-6-9(3)19-15(18)13(10)14(11)17/h4,7,9,16-17H,5-6H2,1-3H3/t9-/m1/s1. The number of aromatic hydroxyl groups is 2. The van der Waals surface area contributed by atoms with Crippen LogP contribution in [0.2, 0.25) is 0 Å². The molecular formula is C15H18O4. The van der Waals surface area contributed by atoms with Gasteiger partial charge in [0.25, 0.3) is 0 Å². The maximum atomic E-state index is 11.8. The van der Waals surface area contributed by atoms with Crippen molar-refractivity contribution in [3.63, 3.8) is 0 Å². The SMILES string of the molecule is CC(C)=CCc1c(O)cc2c(c1O)C(=O)O[C@H](C)C2. The number of cyclic esters (lactones) is 1. The fraction of sp³-hybridized carbons (Fsp3) is 0.400.